The second-order valence-electron chi connectivity index (χ2n) is 7.70. The third-order valence-electron chi connectivity index (χ3n) is 5.27. The van der Waals surface area contributed by atoms with Crippen molar-refractivity contribution in [1.29, 1.82) is 0 Å². The minimum absolute atomic E-state index is 0.101. The molecule has 3 heterocycles. The molecule has 0 aliphatic heterocycles. The molecule has 0 atom stereocenters. The van der Waals surface area contributed by atoms with E-state index < -0.39 is 29.7 Å². The van der Waals surface area contributed by atoms with E-state index in [0.29, 0.717) is 12.1 Å². The summed E-state index contributed by atoms with van der Waals surface area (Å²) < 4.78 is 7.91. The minimum Gasteiger partial charge on any atom is -0.452 e. The van der Waals surface area contributed by atoms with Crippen LogP contribution in [-0.4, -0.2) is 49.2 Å². The van der Waals surface area contributed by atoms with Crippen molar-refractivity contribution in [3.8, 4) is 0 Å². The quantitative estimate of drug-likeness (QED) is 0.353. The number of pyridine rings is 1. The van der Waals surface area contributed by atoms with Crippen LogP contribution < -0.4 is 21.9 Å². The van der Waals surface area contributed by atoms with Gasteiger partial charge in [-0.15, -0.1) is 10.2 Å². The molecule has 12 heteroatoms. The number of nitrogen functional groups attached to an aromatic ring is 1. The second kappa shape index (κ2) is 10.0. The summed E-state index contributed by atoms with van der Waals surface area (Å²) in [6.45, 7) is 1.41. The molecule has 0 radical (unpaired) electrons. The summed E-state index contributed by atoms with van der Waals surface area (Å²) in [5.74, 6) is -1.55. The lowest BCUT2D eigenvalue weighted by atomic mass is 10.2. The average Bonchev–Trinajstić information content (AvgIpc) is 3.33. The first-order valence-corrected chi connectivity index (χ1v) is 10.8. The van der Waals surface area contributed by atoms with Crippen LogP contribution in [0.25, 0.3) is 5.65 Å². The first-order chi connectivity index (χ1) is 16.9. The lowest BCUT2D eigenvalue weighted by Crippen LogP contribution is -2.43. The number of aromatic nitrogens is 5. The number of esters is 1. The van der Waals surface area contributed by atoms with E-state index >= 15 is 0 Å². The topological polar surface area (TPSA) is 158 Å². The van der Waals surface area contributed by atoms with Crippen LogP contribution in [0.5, 0.6) is 0 Å². The fourth-order valence-corrected chi connectivity index (χ4v) is 3.58. The van der Waals surface area contributed by atoms with Crippen molar-refractivity contribution in [3.05, 3.63) is 87.0 Å². The molecule has 180 valence electrons. The summed E-state index contributed by atoms with van der Waals surface area (Å²) >= 11 is 0. The number of carbonyl (C=O) groups is 2. The summed E-state index contributed by atoms with van der Waals surface area (Å²) in [5.41, 5.74) is 6.08. The lowest BCUT2D eigenvalue weighted by Gasteiger charge is -2.24. The van der Waals surface area contributed by atoms with Crippen molar-refractivity contribution in [2.24, 2.45) is 0 Å². The Morgan fingerprint density at radius 2 is 1.91 bits per heavy atom. The van der Waals surface area contributed by atoms with Crippen LogP contribution in [0.3, 0.4) is 0 Å². The van der Waals surface area contributed by atoms with Gasteiger partial charge in [-0.05, 0) is 24.1 Å². The Morgan fingerprint density at radius 3 is 2.66 bits per heavy atom. The highest BCUT2D eigenvalue weighted by molar-refractivity contribution is 5.98. The highest BCUT2D eigenvalue weighted by Crippen LogP contribution is 2.19. The van der Waals surface area contributed by atoms with Crippen LogP contribution >= 0.6 is 0 Å². The number of rotatable bonds is 8. The predicted octanol–water partition coefficient (Wildman–Crippen LogP) is 0.810. The number of H-pyrrole nitrogens is 1. The molecule has 3 N–H and O–H groups in total. The Bertz CT molecular complexity index is 1490. The number of hydrogen-bond acceptors (Lipinski definition) is 8. The normalized spacial score (nSPS) is 10.9. The molecule has 1 amide bonds. The smallest absolute Gasteiger partial charge is 0.340 e. The van der Waals surface area contributed by atoms with Crippen molar-refractivity contribution >= 4 is 29.0 Å². The summed E-state index contributed by atoms with van der Waals surface area (Å²) in [5, 5.41) is 7.60. The minimum atomic E-state index is -0.803. The van der Waals surface area contributed by atoms with Gasteiger partial charge < -0.3 is 15.4 Å². The molecular weight excluding hydrogens is 454 g/mol. The van der Waals surface area contributed by atoms with Crippen molar-refractivity contribution in [3.63, 3.8) is 0 Å². The number of carbonyl (C=O) groups excluding carboxylic acids is 2. The van der Waals surface area contributed by atoms with Gasteiger partial charge in [-0.2, -0.15) is 0 Å². The summed E-state index contributed by atoms with van der Waals surface area (Å²) in [6, 6.07) is 12.2. The Labute approximate surface area is 198 Å². The Balaban J connectivity index is 1.57. The van der Waals surface area contributed by atoms with Crippen LogP contribution in [0.2, 0.25) is 0 Å². The molecule has 0 fully saturated rings. The predicted molar refractivity (Wildman–Crippen MR) is 127 cm³/mol. The SMILES string of the molecule is CCCN(C(=O)COC(=O)c1ccc2nncn2c1)c1c(N)n(Cc2ccccc2)c(=O)[nH]c1=O. The molecule has 0 unspecified atom stereocenters. The molecule has 4 aromatic rings. The van der Waals surface area contributed by atoms with Crippen molar-refractivity contribution in [1.82, 2.24) is 24.1 Å². The van der Waals surface area contributed by atoms with E-state index in [1.165, 1.54) is 27.6 Å². The van der Waals surface area contributed by atoms with Crippen LogP contribution in [0.15, 0.2) is 64.6 Å². The number of hydrogen-bond donors (Lipinski definition) is 2. The molecule has 4 rings (SSSR count). The number of anilines is 2. The third-order valence-corrected chi connectivity index (χ3v) is 5.27. The van der Waals surface area contributed by atoms with Crippen LogP contribution in [-0.2, 0) is 16.1 Å². The Kier molecular flexibility index (Phi) is 6.71. The van der Waals surface area contributed by atoms with Gasteiger partial charge in [-0.25, -0.2) is 9.59 Å². The molecule has 3 aromatic heterocycles. The highest BCUT2D eigenvalue weighted by atomic mass is 16.5. The maximum atomic E-state index is 13.0. The number of nitrogens with one attached hydrogen (secondary N) is 1. The van der Waals surface area contributed by atoms with Crippen molar-refractivity contribution in [2.75, 3.05) is 23.8 Å². The Morgan fingerprint density at radius 1 is 1.14 bits per heavy atom. The van der Waals surface area contributed by atoms with Crippen molar-refractivity contribution < 1.29 is 14.3 Å². The number of aromatic amines is 1. The monoisotopic (exact) mass is 477 g/mol. The fraction of sp³-hybridized carbons (Fsp3) is 0.217. The van der Waals surface area contributed by atoms with Gasteiger partial charge in [-0.3, -0.25) is 23.5 Å². The number of amides is 1. The second-order valence-corrected chi connectivity index (χ2v) is 7.70. The van der Waals surface area contributed by atoms with E-state index in [9.17, 15) is 19.2 Å². The molecule has 0 aliphatic carbocycles. The van der Waals surface area contributed by atoms with Gasteiger partial charge in [0.1, 0.15) is 12.1 Å². The van der Waals surface area contributed by atoms with E-state index in [0.717, 1.165) is 10.5 Å². The van der Waals surface area contributed by atoms with Crippen LogP contribution in [0, 0.1) is 0 Å². The van der Waals surface area contributed by atoms with E-state index in [4.69, 9.17) is 10.5 Å². The summed E-state index contributed by atoms with van der Waals surface area (Å²) in [4.78, 5) is 54.0. The van der Waals surface area contributed by atoms with Gasteiger partial charge in [0, 0.05) is 12.7 Å². The number of nitrogens with two attached hydrogens (primary N) is 1. The van der Waals surface area contributed by atoms with E-state index in [1.54, 1.807) is 6.07 Å². The molecule has 0 aliphatic rings. The molecule has 0 spiro atoms. The first-order valence-electron chi connectivity index (χ1n) is 10.8. The maximum Gasteiger partial charge on any atom is 0.340 e. The Hall–Kier alpha value is -4.74. The lowest BCUT2D eigenvalue weighted by molar-refractivity contribution is -0.121. The standard InChI is InChI=1S/C23H23N7O5/c1-2-10-29(18(31)13-35-22(33)16-8-9-17-27-25-14-28(17)12-16)19-20(24)30(23(34)26-21(19)32)11-15-6-4-3-5-7-15/h3-9,12,14H,2,10-11,13,24H2,1H3,(H,26,32,34). The number of benzene rings is 1. The third kappa shape index (κ3) is 4.95. The van der Waals surface area contributed by atoms with Gasteiger partial charge in [0.05, 0.1) is 12.1 Å². The van der Waals surface area contributed by atoms with Gasteiger partial charge >= 0.3 is 11.7 Å². The molecule has 0 saturated carbocycles. The zero-order valence-electron chi connectivity index (χ0n) is 18.9. The molecule has 12 nitrogen and oxygen atoms in total. The zero-order chi connectivity index (χ0) is 24.9. The van der Waals surface area contributed by atoms with E-state index in [1.807, 2.05) is 37.3 Å². The van der Waals surface area contributed by atoms with Crippen LogP contribution in [0.1, 0.15) is 29.3 Å². The molecule has 0 saturated heterocycles. The molecule has 1 aromatic carbocycles. The average molecular weight is 477 g/mol. The summed E-state index contributed by atoms with van der Waals surface area (Å²) in [7, 11) is 0. The van der Waals surface area contributed by atoms with Crippen LogP contribution in [0.4, 0.5) is 11.5 Å². The molecule has 35 heavy (non-hydrogen) atoms. The fourth-order valence-electron chi connectivity index (χ4n) is 3.58. The number of nitrogens with zero attached hydrogens (tertiary/aromatic N) is 5. The maximum absolute atomic E-state index is 13.0. The summed E-state index contributed by atoms with van der Waals surface area (Å²) in [6.07, 6.45) is 3.40. The van der Waals surface area contributed by atoms with E-state index in [-0.39, 0.29) is 30.2 Å². The van der Waals surface area contributed by atoms with Gasteiger partial charge in [0.25, 0.3) is 11.5 Å². The zero-order valence-corrected chi connectivity index (χ0v) is 18.9. The largest absolute Gasteiger partial charge is 0.452 e. The highest BCUT2D eigenvalue weighted by Gasteiger charge is 2.25. The molecular formula is C23H23N7O5. The number of fused-ring (bicyclic) bond motifs is 1. The first kappa shape index (κ1) is 23.4. The van der Waals surface area contributed by atoms with E-state index in [2.05, 4.69) is 15.2 Å². The van der Waals surface area contributed by atoms with Gasteiger partial charge in [0.2, 0.25) is 0 Å². The number of ether oxygens (including phenoxy) is 1. The molecule has 0 bridgehead atoms. The van der Waals surface area contributed by atoms with Gasteiger partial charge in [-0.1, -0.05) is 37.3 Å². The van der Waals surface area contributed by atoms with Gasteiger partial charge in [0.15, 0.2) is 17.9 Å². The van der Waals surface area contributed by atoms with Crippen molar-refractivity contribution in [2.45, 2.75) is 19.9 Å².